The second-order valence-corrected chi connectivity index (χ2v) is 19.2. The van der Waals surface area contributed by atoms with E-state index in [-0.39, 0.29) is 41.7 Å². The zero-order valence-corrected chi connectivity index (χ0v) is 29.3. The predicted octanol–water partition coefficient (Wildman–Crippen LogP) is 6.61. The van der Waals surface area contributed by atoms with Gasteiger partial charge in [-0.05, 0) is 69.0 Å². The molecule has 3 atom stereocenters. The van der Waals surface area contributed by atoms with Crippen molar-refractivity contribution >= 4 is 32.3 Å². The second kappa shape index (κ2) is 17.2. The highest BCUT2D eigenvalue weighted by molar-refractivity contribution is 6.77. The Labute approximate surface area is 260 Å². The largest absolute Gasteiger partial charge is 0.461 e. The topological polar surface area (TPSA) is 126 Å². The summed E-state index contributed by atoms with van der Waals surface area (Å²) in [7, 11) is -2.79. The molecule has 1 rings (SSSR count). The fourth-order valence-corrected chi connectivity index (χ4v) is 10.8. The highest BCUT2D eigenvalue weighted by Crippen LogP contribution is 2.43. The molecule has 0 aromatic heterocycles. The summed E-state index contributed by atoms with van der Waals surface area (Å²) in [5.41, 5.74) is -0.661. The Kier molecular flexibility index (Phi) is 15.4. The van der Waals surface area contributed by atoms with Crippen LogP contribution in [0.15, 0.2) is 12.7 Å². The number of hydrogen-bond donors (Lipinski definition) is 1. The van der Waals surface area contributed by atoms with Crippen LogP contribution in [-0.2, 0) is 37.8 Å². The van der Waals surface area contributed by atoms with E-state index in [1.807, 2.05) is 13.8 Å². The Morgan fingerprint density at radius 2 is 1.47 bits per heavy atom. The van der Waals surface area contributed by atoms with E-state index < -0.39 is 56.2 Å². The van der Waals surface area contributed by atoms with Gasteiger partial charge in [-0.1, -0.05) is 68.0 Å². The number of rotatable bonds is 18. The molecule has 1 aliphatic carbocycles. The molecule has 0 spiro atoms. The van der Waals surface area contributed by atoms with Gasteiger partial charge in [0, 0.05) is 0 Å². The van der Waals surface area contributed by atoms with Gasteiger partial charge in [-0.2, -0.15) is 0 Å². The van der Waals surface area contributed by atoms with Gasteiger partial charge in [0.15, 0.2) is 12.1 Å². The SMILES string of the molecule is C=CCOC(=O)C[C@@H](CCC(C)C)OC(=O)[C@@H](NC(=O)OC(C)(C)C)[C@H](O[Si](C(C)C)(C(C)C)C(C)C)C(=O)OC1CC1. The standard InChI is InChI=1S/C32H57NO9Si/c1-13-18-38-26(34)19-25(15-14-20(2)3)40-29(35)27(33-31(37)41-32(10,11)12)28(30(36)39-24-16-17-24)42-43(21(4)5,22(6)7)23(8)9/h13,20-25,27-28H,1,14-19H2,2-12H3,(H,33,37)/t25-,27+,28+/m1/s1. The molecule has 0 aliphatic heterocycles. The van der Waals surface area contributed by atoms with Crippen molar-refractivity contribution in [2.24, 2.45) is 5.92 Å². The summed E-state index contributed by atoms with van der Waals surface area (Å²) in [4.78, 5) is 53.3. The molecule has 1 amide bonds. The van der Waals surface area contributed by atoms with Gasteiger partial charge in [0.1, 0.15) is 24.4 Å². The molecule has 1 N–H and O–H groups in total. The van der Waals surface area contributed by atoms with Crippen molar-refractivity contribution in [2.45, 2.75) is 155 Å². The molecule has 43 heavy (non-hydrogen) atoms. The zero-order chi connectivity index (χ0) is 33.1. The predicted molar refractivity (Wildman–Crippen MR) is 168 cm³/mol. The Bertz CT molecular complexity index is 916. The quantitative estimate of drug-likeness (QED) is 0.0773. The van der Waals surface area contributed by atoms with Gasteiger partial charge in [-0.25, -0.2) is 14.4 Å². The summed E-state index contributed by atoms with van der Waals surface area (Å²) in [5, 5.41) is 2.58. The van der Waals surface area contributed by atoms with Crippen LogP contribution in [0.3, 0.4) is 0 Å². The first-order chi connectivity index (χ1) is 19.8. The zero-order valence-electron chi connectivity index (χ0n) is 28.3. The van der Waals surface area contributed by atoms with Crippen LogP contribution in [-0.4, -0.2) is 68.9 Å². The maximum atomic E-state index is 14.0. The van der Waals surface area contributed by atoms with Crippen LogP contribution in [0.4, 0.5) is 4.79 Å². The van der Waals surface area contributed by atoms with Gasteiger partial charge in [-0.15, -0.1) is 0 Å². The van der Waals surface area contributed by atoms with Crippen LogP contribution < -0.4 is 5.32 Å². The fraction of sp³-hybridized carbons (Fsp3) is 0.812. The van der Waals surface area contributed by atoms with Gasteiger partial charge in [-0.3, -0.25) is 4.79 Å². The van der Waals surface area contributed by atoms with E-state index in [9.17, 15) is 19.2 Å². The average Bonchev–Trinajstić information content (AvgIpc) is 3.67. The average molecular weight is 628 g/mol. The molecule has 1 aliphatic rings. The minimum atomic E-state index is -2.79. The lowest BCUT2D eigenvalue weighted by Gasteiger charge is -2.45. The van der Waals surface area contributed by atoms with Crippen molar-refractivity contribution in [3.05, 3.63) is 12.7 Å². The Hall–Kier alpha value is -2.40. The summed E-state index contributed by atoms with van der Waals surface area (Å²) in [6, 6.07) is -1.57. The smallest absolute Gasteiger partial charge is 0.408 e. The molecule has 0 radical (unpaired) electrons. The van der Waals surface area contributed by atoms with E-state index in [0.717, 1.165) is 12.8 Å². The highest BCUT2D eigenvalue weighted by atomic mass is 28.4. The molecule has 1 saturated carbocycles. The molecule has 0 bridgehead atoms. The van der Waals surface area contributed by atoms with Crippen LogP contribution in [0.5, 0.6) is 0 Å². The first kappa shape index (κ1) is 38.6. The fourth-order valence-electron chi connectivity index (χ4n) is 5.35. The highest BCUT2D eigenvalue weighted by Gasteiger charge is 2.52. The van der Waals surface area contributed by atoms with Gasteiger partial charge in [0.05, 0.1) is 6.42 Å². The minimum Gasteiger partial charge on any atom is -0.461 e. The molecular formula is C32H57NO9Si. The molecule has 0 aromatic carbocycles. The van der Waals surface area contributed by atoms with E-state index in [1.165, 1.54) is 6.08 Å². The first-order valence-electron chi connectivity index (χ1n) is 15.7. The monoisotopic (exact) mass is 627 g/mol. The summed E-state index contributed by atoms with van der Waals surface area (Å²) in [5.74, 6) is -1.91. The lowest BCUT2D eigenvalue weighted by atomic mass is 10.0. The molecule has 11 heteroatoms. The Balaban J connectivity index is 3.58. The lowest BCUT2D eigenvalue weighted by molar-refractivity contribution is -0.167. The number of amides is 1. The summed E-state index contributed by atoms with van der Waals surface area (Å²) in [6.07, 6.45) is 0.270. The number of esters is 3. The van der Waals surface area contributed by atoms with Crippen molar-refractivity contribution in [1.29, 1.82) is 0 Å². The first-order valence-corrected chi connectivity index (χ1v) is 17.8. The number of carbonyl (C=O) groups excluding carboxylic acids is 4. The lowest BCUT2D eigenvalue weighted by Crippen LogP contribution is -2.61. The van der Waals surface area contributed by atoms with Gasteiger partial charge in [0.2, 0.25) is 8.32 Å². The van der Waals surface area contributed by atoms with Crippen molar-refractivity contribution in [2.75, 3.05) is 6.61 Å². The van der Waals surface area contributed by atoms with Crippen LogP contribution >= 0.6 is 0 Å². The van der Waals surface area contributed by atoms with Crippen molar-refractivity contribution < 1.29 is 42.6 Å². The van der Waals surface area contributed by atoms with Crippen LogP contribution in [0.2, 0.25) is 16.6 Å². The number of ether oxygens (including phenoxy) is 4. The third-order valence-electron chi connectivity index (χ3n) is 7.41. The summed E-state index contributed by atoms with van der Waals surface area (Å²) in [6.45, 7) is 25.0. The van der Waals surface area contributed by atoms with Crippen LogP contribution in [0.25, 0.3) is 0 Å². The van der Waals surface area contributed by atoms with Gasteiger partial charge in [0.25, 0.3) is 0 Å². The Morgan fingerprint density at radius 3 is 1.91 bits per heavy atom. The number of hydrogen-bond acceptors (Lipinski definition) is 9. The van der Waals surface area contributed by atoms with Crippen LogP contribution in [0, 0.1) is 5.92 Å². The van der Waals surface area contributed by atoms with E-state index in [1.54, 1.807) is 20.8 Å². The van der Waals surface area contributed by atoms with Crippen molar-refractivity contribution in [3.8, 4) is 0 Å². The molecule has 0 heterocycles. The number of alkyl carbamates (subject to hydrolysis) is 1. The molecular weight excluding hydrogens is 570 g/mol. The molecule has 0 unspecified atom stereocenters. The third-order valence-corrected chi connectivity index (χ3v) is 13.5. The normalized spacial score (nSPS) is 16.1. The van der Waals surface area contributed by atoms with Crippen LogP contribution in [0.1, 0.15) is 108 Å². The Morgan fingerprint density at radius 1 is 0.907 bits per heavy atom. The molecule has 10 nitrogen and oxygen atoms in total. The number of carbonyl (C=O) groups is 4. The summed E-state index contributed by atoms with van der Waals surface area (Å²) >= 11 is 0. The van der Waals surface area contributed by atoms with E-state index in [4.69, 9.17) is 23.4 Å². The minimum absolute atomic E-state index is 0.0295. The second-order valence-electron chi connectivity index (χ2n) is 13.8. The molecule has 1 fully saturated rings. The number of nitrogens with one attached hydrogen (secondary N) is 1. The summed E-state index contributed by atoms with van der Waals surface area (Å²) < 4.78 is 29.0. The van der Waals surface area contributed by atoms with E-state index >= 15 is 0 Å². The van der Waals surface area contributed by atoms with Crippen molar-refractivity contribution in [1.82, 2.24) is 5.32 Å². The van der Waals surface area contributed by atoms with E-state index in [0.29, 0.717) is 12.8 Å². The third kappa shape index (κ3) is 13.0. The maximum Gasteiger partial charge on any atom is 0.408 e. The maximum absolute atomic E-state index is 14.0. The molecule has 248 valence electrons. The van der Waals surface area contributed by atoms with Crippen molar-refractivity contribution in [3.63, 3.8) is 0 Å². The van der Waals surface area contributed by atoms with E-state index in [2.05, 4.69) is 53.4 Å². The van der Waals surface area contributed by atoms with Gasteiger partial charge >= 0.3 is 24.0 Å². The van der Waals surface area contributed by atoms with Gasteiger partial charge < -0.3 is 28.7 Å². The molecule has 0 aromatic rings. The molecule has 0 saturated heterocycles.